The summed E-state index contributed by atoms with van der Waals surface area (Å²) in [7, 11) is 0. The lowest BCUT2D eigenvalue weighted by Crippen LogP contribution is -2.28. The van der Waals surface area contributed by atoms with E-state index in [-0.39, 0.29) is 0 Å². The summed E-state index contributed by atoms with van der Waals surface area (Å²) in [5.74, 6) is -0.832. The molecule has 0 amide bonds. The van der Waals surface area contributed by atoms with Crippen molar-refractivity contribution in [1.82, 2.24) is 0 Å². The first-order valence-corrected chi connectivity index (χ1v) is 3.60. The maximum absolute atomic E-state index is 10.5. The van der Waals surface area contributed by atoms with Crippen LogP contribution >= 0.6 is 0 Å². The zero-order chi connectivity index (χ0) is 8.48. The molecule has 1 aliphatic heterocycles. The van der Waals surface area contributed by atoms with Gasteiger partial charge < -0.3 is 9.84 Å². The van der Waals surface area contributed by atoms with Crippen LogP contribution in [-0.2, 0) is 9.53 Å². The predicted molar refractivity (Wildman–Crippen MR) is 40.4 cm³/mol. The van der Waals surface area contributed by atoms with Crippen LogP contribution in [-0.4, -0.2) is 23.3 Å². The van der Waals surface area contributed by atoms with Gasteiger partial charge in [0.15, 0.2) is 0 Å². The van der Waals surface area contributed by atoms with E-state index in [1.165, 1.54) is 0 Å². The first-order valence-electron chi connectivity index (χ1n) is 3.60. The molecule has 11 heavy (non-hydrogen) atoms. The number of carboxylic acids is 1. The van der Waals surface area contributed by atoms with Crippen LogP contribution in [0.5, 0.6) is 0 Å². The molecule has 0 saturated heterocycles. The number of aliphatic carboxylic acids is 1. The van der Waals surface area contributed by atoms with Crippen molar-refractivity contribution >= 4 is 5.97 Å². The Bertz CT molecular complexity index is 203. The van der Waals surface area contributed by atoms with E-state index in [1.807, 2.05) is 13.8 Å². The van der Waals surface area contributed by atoms with Gasteiger partial charge in [0, 0.05) is 12.0 Å². The third-order valence-corrected chi connectivity index (χ3v) is 1.64. The SMILES string of the molecule is CC1(C)C=C(C(=O)O)CCO1. The molecule has 0 aromatic rings. The fourth-order valence-electron chi connectivity index (χ4n) is 1.13. The van der Waals surface area contributed by atoms with Crippen molar-refractivity contribution in [1.29, 1.82) is 0 Å². The van der Waals surface area contributed by atoms with Gasteiger partial charge in [0.25, 0.3) is 0 Å². The smallest absolute Gasteiger partial charge is 0.331 e. The molecule has 0 saturated carbocycles. The van der Waals surface area contributed by atoms with Gasteiger partial charge in [-0.05, 0) is 19.9 Å². The summed E-state index contributed by atoms with van der Waals surface area (Å²) in [6.45, 7) is 4.22. The lowest BCUT2D eigenvalue weighted by molar-refractivity contribution is -0.133. The lowest BCUT2D eigenvalue weighted by atomic mass is 10.0. The number of rotatable bonds is 1. The van der Waals surface area contributed by atoms with Gasteiger partial charge in [0.2, 0.25) is 0 Å². The summed E-state index contributed by atoms with van der Waals surface area (Å²) in [6, 6.07) is 0. The molecule has 0 aromatic carbocycles. The molecule has 0 bridgehead atoms. The standard InChI is InChI=1S/C8H12O3/c1-8(2)5-6(7(9)10)3-4-11-8/h5H,3-4H2,1-2H3,(H,9,10). The largest absolute Gasteiger partial charge is 0.478 e. The molecular weight excluding hydrogens is 144 g/mol. The van der Waals surface area contributed by atoms with Crippen molar-refractivity contribution in [3.63, 3.8) is 0 Å². The van der Waals surface area contributed by atoms with Crippen LogP contribution in [0.15, 0.2) is 11.6 Å². The topological polar surface area (TPSA) is 46.5 Å². The van der Waals surface area contributed by atoms with E-state index >= 15 is 0 Å². The van der Waals surface area contributed by atoms with Crippen molar-refractivity contribution in [3.05, 3.63) is 11.6 Å². The zero-order valence-corrected chi connectivity index (χ0v) is 6.76. The first-order chi connectivity index (χ1) is 5.01. The second-order valence-electron chi connectivity index (χ2n) is 3.18. The minimum Gasteiger partial charge on any atom is -0.478 e. The maximum atomic E-state index is 10.5. The molecule has 62 valence electrons. The second-order valence-corrected chi connectivity index (χ2v) is 3.18. The van der Waals surface area contributed by atoms with Crippen molar-refractivity contribution in [3.8, 4) is 0 Å². The van der Waals surface area contributed by atoms with Gasteiger partial charge >= 0.3 is 5.97 Å². The van der Waals surface area contributed by atoms with Crippen molar-refractivity contribution in [2.75, 3.05) is 6.61 Å². The third kappa shape index (κ3) is 2.05. The first kappa shape index (κ1) is 8.27. The van der Waals surface area contributed by atoms with E-state index in [0.29, 0.717) is 18.6 Å². The van der Waals surface area contributed by atoms with E-state index in [9.17, 15) is 4.79 Å². The lowest BCUT2D eigenvalue weighted by Gasteiger charge is -2.26. The minimum absolute atomic E-state index is 0.411. The zero-order valence-electron chi connectivity index (χ0n) is 6.76. The highest BCUT2D eigenvalue weighted by molar-refractivity contribution is 5.86. The molecule has 0 fully saturated rings. The molecule has 0 unspecified atom stereocenters. The highest BCUT2D eigenvalue weighted by Crippen LogP contribution is 2.21. The second kappa shape index (κ2) is 2.66. The summed E-state index contributed by atoms with van der Waals surface area (Å²) in [5.41, 5.74) is 0.0488. The van der Waals surface area contributed by atoms with Crippen LogP contribution in [0.1, 0.15) is 20.3 Å². The van der Waals surface area contributed by atoms with Gasteiger partial charge in [-0.2, -0.15) is 0 Å². The Balaban J connectivity index is 2.81. The van der Waals surface area contributed by atoms with Crippen LogP contribution in [0.25, 0.3) is 0 Å². The van der Waals surface area contributed by atoms with Crippen molar-refractivity contribution < 1.29 is 14.6 Å². The Hall–Kier alpha value is -0.830. The van der Waals surface area contributed by atoms with E-state index in [1.54, 1.807) is 6.08 Å². The van der Waals surface area contributed by atoms with E-state index < -0.39 is 11.6 Å². The Morgan fingerprint density at radius 2 is 2.36 bits per heavy atom. The molecule has 1 N–H and O–H groups in total. The molecule has 3 heteroatoms. The normalized spacial score (nSPS) is 22.5. The van der Waals surface area contributed by atoms with Crippen molar-refractivity contribution in [2.45, 2.75) is 25.9 Å². The van der Waals surface area contributed by atoms with Gasteiger partial charge in [-0.25, -0.2) is 4.79 Å². The number of carboxylic acid groups (broad SMARTS) is 1. The Morgan fingerprint density at radius 1 is 1.73 bits per heavy atom. The number of hydrogen-bond donors (Lipinski definition) is 1. The summed E-state index contributed by atoms with van der Waals surface area (Å²) in [6.07, 6.45) is 2.18. The molecule has 3 nitrogen and oxygen atoms in total. The number of carbonyl (C=O) groups is 1. The Kier molecular flexibility index (Phi) is 2.00. The van der Waals surface area contributed by atoms with Crippen LogP contribution in [0.2, 0.25) is 0 Å². The maximum Gasteiger partial charge on any atom is 0.331 e. The van der Waals surface area contributed by atoms with Crippen LogP contribution < -0.4 is 0 Å². The fraction of sp³-hybridized carbons (Fsp3) is 0.625. The van der Waals surface area contributed by atoms with Gasteiger partial charge in [-0.1, -0.05) is 0 Å². The molecule has 1 heterocycles. The summed E-state index contributed by atoms with van der Waals surface area (Å²) in [5, 5.41) is 8.65. The van der Waals surface area contributed by atoms with Gasteiger partial charge in [-0.3, -0.25) is 0 Å². The van der Waals surface area contributed by atoms with E-state index in [4.69, 9.17) is 9.84 Å². The van der Waals surface area contributed by atoms with Crippen LogP contribution in [0.3, 0.4) is 0 Å². The molecular formula is C8H12O3. The summed E-state index contributed by atoms with van der Waals surface area (Å²) >= 11 is 0. The van der Waals surface area contributed by atoms with E-state index in [0.717, 1.165) is 0 Å². The highest BCUT2D eigenvalue weighted by Gasteiger charge is 2.23. The van der Waals surface area contributed by atoms with Crippen LogP contribution in [0, 0.1) is 0 Å². The summed E-state index contributed by atoms with van der Waals surface area (Å²) < 4.78 is 5.31. The van der Waals surface area contributed by atoms with Gasteiger partial charge in [0.1, 0.15) is 0 Å². The average Bonchev–Trinajstić information content (AvgIpc) is 1.85. The third-order valence-electron chi connectivity index (χ3n) is 1.64. The predicted octanol–water partition coefficient (Wildman–Crippen LogP) is 1.20. The molecule has 0 aromatic heterocycles. The van der Waals surface area contributed by atoms with Crippen LogP contribution in [0.4, 0.5) is 0 Å². The molecule has 1 rings (SSSR count). The Morgan fingerprint density at radius 3 is 2.73 bits per heavy atom. The summed E-state index contributed by atoms with van der Waals surface area (Å²) in [4.78, 5) is 10.5. The monoisotopic (exact) mass is 156 g/mol. The van der Waals surface area contributed by atoms with Gasteiger partial charge in [-0.15, -0.1) is 0 Å². The molecule has 0 radical (unpaired) electrons. The quantitative estimate of drug-likeness (QED) is 0.620. The van der Waals surface area contributed by atoms with E-state index in [2.05, 4.69) is 0 Å². The van der Waals surface area contributed by atoms with Gasteiger partial charge in [0.05, 0.1) is 12.2 Å². The van der Waals surface area contributed by atoms with Crippen molar-refractivity contribution in [2.24, 2.45) is 0 Å². The fourth-order valence-corrected chi connectivity index (χ4v) is 1.13. The number of ether oxygens (including phenoxy) is 1. The molecule has 0 spiro atoms. The number of hydrogen-bond acceptors (Lipinski definition) is 2. The molecule has 1 aliphatic rings. The minimum atomic E-state index is -0.832. The Labute approximate surface area is 65.7 Å². The average molecular weight is 156 g/mol. The molecule has 0 aliphatic carbocycles. The molecule has 0 atom stereocenters. The highest BCUT2D eigenvalue weighted by atomic mass is 16.5.